The highest BCUT2D eigenvalue weighted by molar-refractivity contribution is 5.80. The van der Waals surface area contributed by atoms with Crippen LogP contribution in [0.15, 0.2) is 72.9 Å². The van der Waals surface area contributed by atoms with Gasteiger partial charge in [-0.3, -0.25) is 0 Å². The van der Waals surface area contributed by atoms with Gasteiger partial charge in [-0.2, -0.15) is 13.2 Å². The number of rotatable bonds is 7. The Bertz CT molecular complexity index is 1270. The SMILES string of the molecule is C[C@H](Nc1cc(-c2c(-c3cccc(C(F)(F)F)c3)nc(CCN)n2C)ccn1)c1ccccc1. The lowest BCUT2D eigenvalue weighted by atomic mass is 10.0. The summed E-state index contributed by atoms with van der Waals surface area (Å²) in [5.74, 6) is 1.36. The average Bonchev–Trinajstić information content (AvgIpc) is 3.15. The highest BCUT2D eigenvalue weighted by atomic mass is 19.4. The van der Waals surface area contributed by atoms with E-state index in [1.54, 1.807) is 12.3 Å². The van der Waals surface area contributed by atoms with Crippen LogP contribution in [0.25, 0.3) is 22.5 Å². The monoisotopic (exact) mass is 465 g/mol. The van der Waals surface area contributed by atoms with Gasteiger partial charge in [0, 0.05) is 36.8 Å². The van der Waals surface area contributed by atoms with Crippen molar-refractivity contribution in [3.63, 3.8) is 0 Å². The predicted molar refractivity (Wildman–Crippen MR) is 128 cm³/mol. The predicted octanol–water partition coefficient (Wildman–Crippen LogP) is 5.84. The molecule has 0 radical (unpaired) electrons. The van der Waals surface area contributed by atoms with Crippen molar-refractivity contribution in [1.29, 1.82) is 0 Å². The normalized spacial score (nSPS) is 12.5. The first kappa shape index (κ1) is 23.5. The van der Waals surface area contributed by atoms with Crippen LogP contribution in [-0.4, -0.2) is 21.1 Å². The van der Waals surface area contributed by atoms with E-state index in [1.807, 2.05) is 61.0 Å². The second-order valence-electron chi connectivity index (χ2n) is 8.11. The fourth-order valence-electron chi connectivity index (χ4n) is 3.98. The van der Waals surface area contributed by atoms with Crippen molar-refractivity contribution in [3.8, 4) is 22.5 Å². The van der Waals surface area contributed by atoms with Gasteiger partial charge in [0.15, 0.2) is 0 Å². The maximum atomic E-state index is 13.4. The minimum absolute atomic E-state index is 0.0197. The molecule has 0 aliphatic heterocycles. The van der Waals surface area contributed by atoms with E-state index in [9.17, 15) is 13.2 Å². The lowest BCUT2D eigenvalue weighted by Crippen LogP contribution is -2.09. The van der Waals surface area contributed by atoms with E-state index >= 15 is 0 Å². The van der Waals surface area contributed by atoms with Crippen LogP contribution in [0.4, 0.5) is 19.0 Å². The Morgan fingerprint density at radius 2 is 1.76 bits per heavy atom. The van der Waals surface area contributed by atoms with Gasteiger partial charge >= 0.3 is 6.18 Å². The van der Waals surface area contributed by atoms with E-state index in [2.05, 4.69) is 15.3 Å². The maximum absolute atomic E-state index is 13.4. The maximum Gasteiger partial charge on any atom is 0.416 e. The molecule has 0 aliphatic rings. The summed E-state index contributed by atoms with van der Waals surface area (Å²) < 4.78 is 42.0. The number of nitrogens with two attached hydrogens (primary N) is 1. The van der Waals surface area contributed by atoms with Crippen molar-refractivity contribution in [2.45, 2.75) is 25.6 Å². The van der Waals surface area contributed by atoms with Gasteiger partial charge in [0.2, 0.25) is 0 Å². The van der Waals surface area contributed by atoms with E-state index in [0.717, 1.165) is 23.3 Å². The van der Waals surface area contributed by atoms with Gasteiger partial charge in [0.05, 0.1) is 17.0 Å². The van der Waals surface area contributed by atoms with Crippen LogP contribution in [-0.2, 0) is 19.6 Å². The standard InChI is InChI=1S/C26H26F3N5/c1-17(18-7-4-3-5-8-18)32-22-16-20(12-14-31-22)25-24(33-23(11-13-30)34(25)2)19-9-6-10-21(15-19)26(27,28)29/h3-10,12,14-17H,11,13,30H2,1-2H3,(H,31,32)/t17-/m0/s1. The van der Waals surface area contributed by atoms with Gasteiger partial charge in [0.1, 0.15) is 11.6 Å². The molecule has 2 heterocycles. The van der Waals surface area contributed by atoms with E-state index in [-0.39, 0.29) is 6.04 Å². The lowest BCUT2D eigenvalue weighted by Gasteiger charge is -2.16. The van der Waals surface area contributed by atoms with Gasteiger partial charge in [-0.15, -0.1) is 0 Å². The summed E-state index contributed by atoms with van der Waals surface area (Å²) in [6, 6.07) is 19.0. The van der Waals surface area contributed by atoms with Crippen molar-refractivity contribution < 1.29 is 13.2 Å². The summed E-state index contributed by atoms with van der Waals surface area (Å²) in [5, 5.41) is 3.40. The summed E-state index contributed by atoms with van der Waals surface area (Å²) in [7, 11) is 1.85. The molecule has 176 valence electrons. The third kappa shape index (κ3) is 4.97. The third-order valence-electron chi connectivity index (χ3n) is 5.72. The zero-order valence-corrected chi connectivity index (χ0v) is 19.0. The highest BCUT2D eigenvalue weighted by Gasteiger charge is 2.31. The van der Waals surface area contributed by atoms with Gasteiger partial charge in [0.25, 0.3) is 0 Å². The number of pyridine rings is 1. The fourth-order valence-corrected chi connectivity index (χ4v) is 3.98. The number of imidazole rings is 1. The minimum Gasteiger partial charge on any atom is -0.364 e. The first-order valence-electron chi connectivity index (χ1n) is 11.0. The van der Waals surface area contributed by atoms with Gasteiger partial charge in [-0.05, 0) is 43.3 Å². The first-order chi connectivity index (χ1) is 16.3. The molecule has 0 saturated carbocycles. The molecular formula is C26H26F3N5. The van der Waals surface area contributed by atoms with Crippen LogP contribution in [0.3, 0.4) is 0 Å². The van der Waals surface area contributed by atoms with Crippen LogP contribution in [0, 0.1) is 0 Å². The lowest BCUT2D eigenvalue weighted by molar-refractivity contribution is -0.137. The minimum atomic E-state index is -4.44. The molecule has 0 saturated heterocycles. The molecule has 4 rings (SSSR count). The zero-order chi connectivity index (χ0) is 24.3. The largest absolute Gasteiger partial charge is 0.416 e. The Hall–Kier alpha value is -3.65. The van der Waals surface area contributed by atoms with Gasteiger partial charge < -0.3 is 15.6 Å². The summed E-state index contributed by atoms with van der Waals surface area (Å²) in [5.41, 5.74) is 8.54. The first-order valence-corrected chi connectivity index (χ1v) is 11.0. The van der Waals surface area contributed by atoms with Crippen LogP contribution < -0.4 is 11.1 Å². The number of nitrogens with one attached hydrogen (secondary N) is 1. The van der Waals surface area contributed by atoms with E-state index in [0.29, 0.717) is 41.6 Å². The smallest absolute Gasteiger partial charge is 0.364 e. The summed E-state index contributed by atoms with van der Waals surface area (Å²) in [6.07, 6.45) is -2.25. The number of aromatic nitrogens is 3. The van der Waals surface area contributed by atoms with Gasteiger partial charge in [-0.1, -0.05) is 42.5 Å². The summed E-state index contributed by atoms with van der Waals surface area (Å²) in [6.45, 7) is 2.42. The van der Waals surface area contributed by atoms with E-state index in [4.69, 9.17) is 5.73 Å². The Morgan fingerprint density at radius 3 is 2.47 bits per heavy atom. The van der Waals surface area contributed by atoms with Crippen molar-refractivity contribution in [3.05, 3.63) is 89.9 Å². The number of halogens is 3. The van der Waals surface area contributed by atoms with Crippen molar-refractivity contribution in [2.24, 2.45) is 12.8 Å². The molecule has 4 aromatic rings. The van der Waals surface area contributed by atoms with Crippen LogP contribution >= 0.6 is 0 Å². The molecule has 0 spiro atoms. The molecule has 1 atom stereocenters. The number of benzene rings is 2. The van der Waals surface area contributed by atoms with Crippen molar-refractivity contribution >= 4 is 5.82 Å². The average molecular weight is 466 g/mol. The molecule has 8 heteroatoms. The van der Waals surface area contributed by atoms with Crippen molar-refractivity contribution in [1.82, 2.24) is 14.5 Å². The molecule has 5 nitrogen and oxygen atoms in total. The van der Waals surface area contributed by atoms with E-state index in [1.165, 1.54) is 6.07 Å². The van der Waals surface area contributed by atoms with Crippen molar-refractivity contribution in [2.75, 3.05) is 11.9 Å². The second kappa shape index (κ2) is 9.69. The third-order valence-corrected chi connectivity index (χ3v) is 5.72. The zero-order valence-electron chi connectivity index (χ0n) is 19.0. The molecule has 34 heavy (non-hydrogen) atoms. The number of hydrogen-bond donors (Lipinski definition) is 2. The Morgan fingerprint density at radius 1 is 1.00 bits per heavy atom. The molecule has 0 bridgehead atoms. The fraction of sp³-hybridized carbons (Fsp3) is 0.231. The van der Waals surface area contributed by atoms with Crippen LogP contribution in [0.2, 0.25) is 0 Å². The molecule has 3 N–H and O–H groups in total. The van der Waals surface area contributed by atoms with Crippen LogP contribution in [0.5, 0.6) is 0 Å². The van der Waals surface area contributed by atoms with E-state index < -0.39 is 11.7 Å². The molecule has 2 aromatic carbocycles. The molecule has 0 unspecified atom stereocenters. The number of nitrogens with zero attached hydrogens (tertiary/aromatic N) is 3. The number of alkyl halides is 3. The molecular weight excluding hydrogens is 439 g/mol. The number of hydrogen-bond acceptors (Lipinski definition) is 4. The summed E-state index contributed by atoms with van der Waals surface area (Å²) in [4.78, 5) is 9.12. The number of anilines is 1. The molecule has 0 aliphatic carbocycles. The molecule has 0 fully saturated rings. The molecule has 2 aromatic heterocycles. The summed E-state index contributed by atoms with van der Waals surface area (Å²) >= 11 is 0. The highest BCUT2D eigenvalue weighted by Crippen LogP contribution is 2.37. The Labute approximate surface area is 196 Å². The molecule has 0 amide bonds. The quantitative estimate of drug-likeness (QED) is 0.360. The topological polar surface area (TPSA) is 68.8 Å². The second-order valence-corrected chi connectivity index (χ2v) is 8.11. The van der Waals surface area contributed by atoms with Gasteiger partial charge in [-0.25, -0.2) is 9.97 Å². The van der Waals surface area contributed by atoms with Crippen LogP contribution in [0.1, 0.15) is 29.9 Å². The Balaban J connectivity index is 1.77. The Kier molecular flexibility index (Phi) is 6.70.